The zero-order valence-corrected chi connectivity index (χ0v) is 11.1. The molecule has 1 N–H and O–H groups in total. The van der Waals surface area contributed by atoms with Crippen LogP contribution in [-0.4, -0.2) is 24.5 Å². The molecular formula is C15H19NO3. The maximum absolute atomic E-state index is 11.9. The Morgan fingerprint density at radius 1 is 1.37 bits per heavy atom. The van der Waals surface area contributed by atoms with Crippen molar-refractivity contribution in [1.82, 2.24) is 5.32 Å². The largest absolute Gasteiger partial charge is 0.460 e. The number of esters is 1. The third-order valence-electron chi connectivity index (χ3n) is 2.57. The number of benzene rings is 1. The highest BCUT2D eigenvalue weighted by Gasteiger charge is 2.21. The molecule has 0 heterocycles. The lowest BCUT2D eigenvalue weighted by Crippen LogP contribution is -2.43. The van der Waals surface area contributed by atoms with E-state index in [1.54, 1.807) is 6.92 Å². The van der Waals surface area contributed by atoms with E-state index in [1.165, 1.54) is 6.08 Å². The van der Waals surface area contributed by atoms with E-state index in [4.69, 9.17) is 4.74 Å². The molecule has 1 aromatic rings. The average molecular weight is 261 g/mol. The molecule has 0 radical (unpaired) electrons. The summed E-state index contributed by atoms with van der Waals surface area (Å²) in [5, 5.41) is 2.68. The Morgan fingerprint density at radius 2 is 2.05 bits per heavy atom. The van der Waals surface area contributed by atoms with Gasteiger partial charge in [-0.2, -0.15) is 0 Å². The number of carbonyl (C=O) groups is 2. The second-order valence-corrected chi connectivity index (χ2v) is 4.08. The van der Waals surface area contributed by atoms with Crippen LogP contribution in [0, 0.1) is 0 Å². The zero-order chi connectivity index (χ0) is 14.1. The summed E-state index contributed by atoms with van der Waals surface area (Å²) in [6, 6.07) is 8.85. The quantitative estimate of drug-likeness (QED) is 0.602. The Morgan fingerprint density at radius 3 is 2.63 bits per heavy atom. The lowest BCUT2D eigenvalue weighted by atomic mass is 10.1. The molecule has 19 heavy (non-hydrogen) atoms. The van der Waals surface area contributed by atoms with Crippen molar-refractivity contribution in [3.8, 4) is 0 Å². The van der Waals surface area contributed by atoms with Crippen molar-refractivity contribution < 1.29 is 14.3 Å². The van der Waals surface area contributed by atoms with Crippen molar-refractivity contribution >= 4 is 11.9 Å². The van der Waals surface area contributed by atoms with Crippen LogP contribution >= 0.6 is 0 Å². The molecule has 0 aliphatic rings. The van der Waals surface area contributed by atoms with Crippen LogP contribution in [0.3, 0.4) is 0 Å². The molecule has 102 valence electrons. The van der Waals surface area contributed by atoms with E-state index in [9.17, 15) is 9.59 Å². The van der Waals surface area contributed by atoms with E-state index in [0.29, 0.717) is 12.8 Å². The normalized spacial score (nSPS) is 11.4. The van der Waals surface area contributed by atoms with Crippen LogP contribution in [0.1, 0.15) is 18.9 Å². The Labute approximate surface area is 113 Å². The Hall–Kier alpha value is -2.10. The molecule has 0 aliphatic carbocycles. The van der Waals surface area contributed by atoms with Gasteiger partial charge in [0.1, 0.15) is 12.6 Å². The molecule has 4 nitrogen and oxygen atoms in total. The monoisotopic (exact) mass is 261 g/mol. The first-order valence-electron chi connectivity index (χ1n) is 6.28. The highest BCUT2D eigenvalue weighted by atomic mass is 16.5. The van der Waals surface area contributed by atoms with Gasteiger partial charge in [0, 0.05) is 12.8 Å². The van der Waals surface area contributed by atoms with Crippen molar-refractivity contribution in [2.24, 2.45) is 0 Å². The van der Waals surface area contributed by atoms with Crippen molar-refractivity contribution in [3.05, 3.63) is 48.6 Å². The number of carbonyl (C=O) groups excluding carboxylic acids is 2. The van der Waals surface area contributed by atoms with Gasteiger partial charge in [-0.15, -0.1) is 0 Å². The average Bonchev–Trinajstić information content (AvgIpc) is 2.44. The van der Waals surface area contributed by atoms with E-state index < -0.39 is 12.0 Å². The maximum atomic E-state index is 11.9. The summed E-state index contributed by atoms with van der Waals surface area (Å²) in [5.41, 5.74) is 0.972. The first-order chi connectivity index (χ1) is 9.17. The SMILES string of the molecule is C=CCOC(=O)C(Cc1ccccc1)NC(=O)CC. The molecule has 0 fully saturated rings. The molecule has 0 bridgehead atoms. The number of hydrogen-bond acceptors (Lipinski definition) is 3. The number of amides is 1. The summed E-state index contributed by atoms with van der Waals surface area (Å²) in [6.45, 7) is 5.37. The Kier molecular flexibility index (Phi) is 6.36. The van der Waals surface area contributed by atoms with E-state index in [0.717, 1.165) is 5.56 Å². The van der Waals surface area contributed by atoms with Gasteiger partial charge in [-0.25, -0.2) is 4.79 Å². The maximum Gasteiger partial charge on any atom is 0.329 e. The second kappa shape index (κ2) is 8.08. The molecule has 1 atom stereocenters. The predicted octanol–water partition coefficient (Wildman–Crippen LogP) is 1.85. The molecule has 0 aliphatic heterocycles. The van der Waals surface area contributed by atoms with E-state index in [1.807, 2.05) is 30.3 Å². The zero-order valence-electron chi connectivity index (χ0n) is 11.1. The smallest absolute Gasteiger partial charge is 0.329 e. The molecule has 1 amide bonds. The number of nitrogens with one attached hydrogen (secondary N) is 1. The lowest BCUT2D eigenvalue weighted by molar-refractivity contribution is -0.146. The van der Waals surface area contributed by atoms with Gasteiger partial charge in [-0.1, -0.05) is 49.9 Å². The van der Waals surface area contributed by atoms with Gasteiger partial charge in [0.2, 0.25) is 5.91 Å². The van der Waals surface area contributed by atoms with Crippen molar-refractivity contribution in [1.29, 1.82) is 0 Å². The molecule has 1 rings (SSSR count). The van der Waals surface area contributed by atoms with E-state index >= 15 is 0 Å². The van der Waals surface area contributed by atoms with Gasteiger partial charge in [0.15, 0.2) is 0 Å². The van der Waals surface area contributed by atoms with E-state index in [-0.39, 0.29) is 12.5 Å². The molecule has 0 aromatic heterocycles. The summed E-state index contributed by atoms with van der Waals surface area (Å²) in [4.78, 5) is 23.3. The van der Waals surface area contributed by atoms with Crippen LogP contribution in [0.25, 0.3) is 0 Å². The fourth-order valence-corrected chi connectivity index (χ4v) is 1.58. The predicted molar refractivity (Wildman–Crippen MR) is 73.5 cm³/mol. The van der Waals surface area contributed by atoms with Crippen molar-refractivity contribution in [2.75, 3.05) is 6.61 Å². The topological polar surface area (TPSA) is 55.4 Å². The summed E-state index contributed by atoms with van der Waals surface area (Å²) in [7, 11) is 0. The molecular weight excluding hydrogens is 242 g/mol. The summed E-state index contributed by atoms with van der Waals surface area (Å²) in [5.74, 6) is -0.609. The highest BCUT2D eigenvalue weighted by molar-refractivity contribution is 5.84. The standard InChI is InChI=1S/C15H19NO3/c1-3-10-19-15(18)13(16-14(17)4-2)11-12-8-6-5-7-9-12/h3,5-9,13H,1,4,10-11H2,2H3,(H,16,17). The van der Waals surface area contributed by atoms with Crippen molar-refractivity contribution in [2.45, 2.75) is 25.8 Å². The van der Waals surface area contributed by atoms with Gasteiger partial charge in [0.05, 0.1) is 0 Å². The number of rotatable bonds is 7. The van der Waals surface area contributed by atoms with Crippen LogP contribution in [0.15, 0.2) is 43.0 Å². The van der Waals surface area contributed by atoms with Gasteiger partial charge in [-0.05, 0) is 5.56 Å². The third kappa shape index (κ3) is 5.38. The third-order valence-corrected chi connectivity index (χ3v) is 2.57. The number of ether oxygens (including phenoxy) is 1. The fraction of sp³-hybridized carbons (Fsp3) is 0.333. The first-order valence-corrected chi connectivity index (χ1v) is 6.28. The lowest BCUT2D eigenvalue weighted by Gasteiger charge is -2.17. The minimum atomic E-state index is -0.658. The Bertz CT molecular complexity index is 428. The van der Waals surface area contributed by atoms with Crippen molar-refractivity contribution in [3.63, 3.8) is 0 Å². The highest BCUT2D eigenvalue weighted by Crippen LogP contribution is 2.05. The van der Waals surface area contributed by atoms with Crippen LogP contribution < -0.4 is 5.32 Å². The molecule has 0 saturated heterocycles. The number of hydrogen-bond donors (Lipinski definition) is 1. The van der Waals surface area contributed by atoms with Gasteiger partial charge in [0.25, 0.3) is 0 Å². The molecule has 0 spiro atoms. The summed E-state index contributed by atoms with van der Waals surface area (Å²) < 4.78 is 5.00. The Balaban J connectivity index is 2.71. The van der Waals surface area contributed by atoms with E-state index in [2.05, 4.69) is 11.9 Å². The second-order valence-electron chi connectivity index (χ2n) is 4.08. The molecule has 4 heteroatoms. The minimum Gasteiger partial charge on any atom is -0.460 e. The van der Waals surface area contributed by atoms with Gasteiger partial charge < -0.3 is 10.1 Å². The van der Waals surface area contributed by atoms with Crippen LogP contribution in [-0.2, 0) is 20.7 Å². The molecule has 1 aromatic carbocycles. The molecule has 1 unspecified atom stereocenters. The molecule has 0 saturated carbocycles. The van der Waals surface area contributed by atoms with Gasteiger partial charge in [-0.3, -0.25) is 4.79 Å². The first kappa shape index (κ1) is 15.0. The van der Waals surface area contributed by atoms with Crippen LogP contribution in [0.5, 0.6) is 0 Å². The fourth-order valence-electron chi connectivity index (χ4n) is 1.58. The summed E-state index contributed by atoms with van der Waals surface area (Å²) >= 11 is 0. The van der Waals surface area contributed by atoms with Gasteiger partial charge >= 0.3 is 5.97 Å². The minimum absolute atomic E-state index is 0.145. The van der Waals surface area contributed by atoms with Crippen LogP contribution in [0.2, 0.25) is 0 Å². The summed E-state index contributed by atoms with van der Waals surface area (Å²) in [6.07, 6.45) is 2.25. The van der Waals surface area contributed by atoms with Crippen LogP contribution in [0.4, 0.5) is 0 Å².